The molecule has 130 valence electrons. The van der Waals surface area contributed by atoms with Crippen LogP contribution in [0.25, 0.3) is 22.6 Å². The molecule has 26 heavy (non-hydrogen) atoms. The zero-order valence-electron chi connectivity index (χ0n) is 13.8. The number of anilines is 2. The third-order valence-electron chi connectivity index (χ3n) is 3.76. The van der Waals surface area contributed by atoms with E-state index in [-0.39, 0.29) is 6.03 Å². The summed E-state index contributed by atoms with van der Waals surface area (Å²) in [6, 6.07) is 12.3. The number of amides is 2. The molecule has 2 aromatic carbocycles. The summed E-state index contributed by atoms with van der Waals surface area (Å²) in [4.78, 5) is 24.2. The van der Waals surface area contributed by atoms with E-state index in [2.05, 4.69) is 25.6 Å². The zero-order chi connectivity index (χ0) is 17.9. The molecule has 0 aliphatic heterocycles. The van der Waals surface area contributed by atoms with Gasteiger partial charge in [-0.25, -0.2) is 14.8 Å². The van der Waals surface area contributed by atoms with E-state index in [0.29, 0.717) is 17.2 Å². The number of imidazole rings is 1. The molecule has 0 bridgehead atoms. The molecule has 0 unspecified atom stereocenters. The maximum atomic E-state index is 12.2. The van der Waals surface area contributed by atoms with Crippen LogP contribution in [0, 0.1) is 0 Å². The van der Waals surface area contributed by atoms with E-state index < -0.39 is 0 Å². The number of fused-ring (bicyclic) bond motifs is 1. The standard InChI is InChI=1S/C18H15N5O2S/c1-25-13-5-2-11(3-6-13)20-18(24)21-12-4-7-14-15(8-12)23-17(22-14)16-9-26-10-19-16/h2-10H,1H3,(H,22,23)(H2,20,21,24). The van der Waals surface area contributed by atoms with E-state index in [0.717, 1.165) is 22.5 Å². The quantitative estimate of drug-likeness (QED) is 0.502. The van der Waals surface area contributed by atoms with Crippen LogP contribution in [-0.4, -0.2) is 28.1 Å². The minimum absolute atomic E-state index is 0.325. The Balaban J connectivity index is 1.48. The lowest BCUT2D eigenvalue weighted by Crippen LogP contribution is -2.19. The van der Waals surface area contributed by atoms with Crippen molar-refractivity contribution in [1.82, 2.24) is 15.0 Å². The maximum absolute atomic E-state index is 12.2. The third kappa shape index (κ3) is 3.35. The second-order valence-corrected chi connectivity index (χ2v) is 6.22. The Bertz CT molecular complexity index is 1040. The molecule has 0 saturated carbocycles. The number of rotatable bonds is 4. The molecule has 0 spiro atoms. The second-order valence-electron chi connectivity index (χ2n) is 5.50. The first-order chi connectivity index (χ1) is 12.7. The van der Waals surface area contributed by atoms with Gasteiger partial charge in [0.2, 0.25) is 0 Å². The summed E-state index contributed by atoms with van der Waals surface area (Å²) in [6.07, 6.45) is 0. The van der Waals surface area contributed by atoms with E-state index in [9.17, 15) is 4.79 Å². The van der Waals surface area contributed by atoms with E-state index in [1.807, 2.05) is 23.6 Å². The second kappa shape index (κ2) is 6.85. The monoisotopic (exact) mass is 365 g/mol. The minimum Gasteiger partial charge on any atom is -0.497 e. The topological polar surface area (TPSA) is 91.9 Å². The molecule has 4 aromatic rings. The Morgan fingerprint density at radius 2 is 1.88 bits per heavy atom. The van der Waals surface area contributed by atoms with Crippen LogP contribution in [0.2, 0.25) is 0 Å². The van der Waals surface area contributed by atoms with Crippen molar-refractivity contribution >= 4 is 39.8 Å². The summed E-state index contributed by atoms with van der Waals surface area (Å²) in [7, 11) is 1.60. The molecule has 3 N–H and O–H groups in total. The van der Waals surface area contributed by atoms with E-state index in [1.165, 1.54) is 11.3 Å². The first kappa shape index (κ1) is 16.1. The van der Waals surface area contributed by atoms with Crippen LogP contribution in [0.5, 0.6) is 5.75 Å². The summed E-state index contributed by atoms with van der Waals surface area (Å²) in [5.74, 6) is 1.44. The van der Waals surface area contributed by atoms with Gasteiger partial charge in [-0.3, -0.25) is 0 Å². The molecule has 2 aromatic heterocycles. The number of carbonyl (C=O) groups is 1. The lowest BCUT2D eigenvalue weighted by atomic mass is 10.3. The number of methoxy groups -OCH3 is 1. The number of hydrogen-bond donors (Lipinski definition) is 3. The Morgan fingerprint density at radius 3 is 2.62 bits per heavy atom. The number of urea groups is 1. The fraction of sp³-hybridized carbons (Fsp3) is 0.0556. The number of nitrogens with zero attached hydrogens (tertiary/aromatic N) is 2. The highest BCUT2D eigenvalue weighted by Gasteiger charge is 2.09. The number of nitrogens with one attached hydrogen (secondary N) is 3. The maximum Gasteiger partial charge on any atom is 0.323 e. The van der Waals surface area contributed by atoms with E-state index >= 15 is 0 Å². The van der Waals surface area contributed by atoms with Gasteiger partial charge in [-0.2, -0.15) is 0 Å². The SMILES string of the molecule is COc1ccc(NC(=O)Nc2ccc3nc(-c4cscn4)[nH]c3c2)cc1. The summed E-state index contributed by atoms with van der Waals surface area (Å²) in [6.45, 7) is 0. The van der Waals surface area contributed by atoms with Crippen LogP contribution in [0.15, 0.2) is 53.4 Å². The van der Waals surface area contributed by atoms with Crippen molar-refractivity contribution in [1.29, 1.82) is 0 Å². The van der Waals surface area contributed by atoms with Gasteiger partial charge in [-0.1, -0.05) is 0 Å². The van der Waals surface area contributed by atoms with Crippen LogP contribution >= 0.6 is 11.3 Å². The number of ether oxygens (including phenoxy) is 1. The van der Waals surface area contributed by atoms with Crippen LogP contribution in [-0.2, 0) is 0 Å². The number of thiazole rings is 1. The highest BCUT2D eigenvalue weighted by atomic mass is 32.1. The Labute approximate surface area is 153 Å². The number of H-pyrrole nitrogens is 1. The van der Waals surface area contributed by atoms with Crippen molar-refractivity contribution in [3.05, 3.63) is 53.4 Å². The minimum atomic E-state index is -0.325. The molecular formula is C18H15N5O2S. The number of hydrogen-bond acceptors (Lipinski definition) is 5. The number of carbonyl (C=O) groups excluding carboxylic acids is 1. The summed E-state index contributed by atoms with van der Waals surface area (Å²) in [5, 5.41) is 7.52. The lowest BCUT2D eigenvalue weighted by Gasteiger charge is -2.08. The molecule has 0 saturated heterocycles. The Hall–Kier alpha value is -3.39. The van der Waals surface area contributed by atoms with Gasteiger partial charge in [0.25, 0.3) is 0 Å². The van der Waals surface area contributed by atoms with Gasteiger partial charge < -0.3 is 20.4 Å². The van der Waals surface area contributed by atoms with Gasteiger partial charge in [-0.15, -0.1) is 11.3 Å². The molecular weight excluding hydrogens is 350 g/mol. The molecule has 2 amide bonds. The van der Waals surface area contributed by atoms with Crippen molar-refractivity contribution in [2.45, 2.75) is 0 Å². The average Bonchev–Trinajstić information content (AvgIpc) is 3.31. The van der Waals surface area contributed by atoms with Gasteiger partial charge >= 0.3 is 6.03 Å². The molecule has 0 fully saturated rings. The predicted octanol–water partition coefficient (Wildman–Crippen LogP) is 4.34. The van der Waals surface area contributed by atoms with Gasteiger partial charge in [0.1, 0.15) is 11.4 Å². The van der Waals surface area contributed by atoms with Crippen LogP contribution < -0.4 is 15.4 Å². The van der Waals surface area contributed by atoms with Crippen LogP contribution in [0.4, 0.5) is 16.2 Å². The number of aromatic nitrogens is 3. The Kier molecular flexibility index (Phi) is 4.24. The first-order valence-corrected chi connectivity index (χ1v) is 8.76. The Morgan fingerprint density at radius 1 is 1.12 bits per heavy atom. The number of benzene rings is 2. The fourth-order valence-electron chi connectivity index (χ4n) is 2.51. The molecule has 0 aliphatic rings. The summed E-state index contributed by atoms with van der Waals surface area (Å²) >= 11 is 1.51. The molecule has 4 rings (SSSR count). The van der Waals surface area contributed by atoms with Gasteiger partial charge in [0.05, 0.1) is 23.7 Å². The first-order valence-electron chi connectivity index (χ1n) is 7.81. The normalized spacial score (nSPS) is 10.7. The van der Waals surface area contributed by atoms with Crippen molar-refractivity contribution in [2.24, 2.45) is 0 Å². The molecule has 2 heterocycles. The highest BCUT2D eigenvalue weighted by Crippen LogP contribution is 2.23. The summed E-state index contributed by atoms with van der Waals surface area (Å²) < 4.78 is 5.10. The smallest absolute Gasteiger partial charge is 0.323 e. The molecule has 7 nitrogen and oxygen atoms in total. The highest BCUT2D eigenvalue weighted by molar-refractivity contribution is 7.07. The van der Waals surface area contributed by atoms with Crippen molar-refractivity contribution in [2.75, 3.05) is 17.7 Å². The molecule has 0 aliphatic carbocycles. The molecule has 8 heteroatoms. The third-order valence-corrected chi connectivity index (χ3v) is 4.35. The van der Waals surface area contributed by atoms with Gasteiger partial charge in [0.15, 0.2) is 5.82 Å². The largest absolute Gasteiger partial charge is 0.497 e. The zero-order valence-corrected chi connectivity index (χ0v) is 14.6. The average molecular weight is 365 g/mol. The van der Waals surface area contributed by atoms with E-state index in [1.54, 1.807) is 36.9 Å². The molecule has 0 radical (unpaired) electrons. The van der Waals surface area contributed by atoms with Crippen LogP contribution in [0.3, 0.4) is 0 Å². The fourth-order valence-corrected chi connectivity index (χ4v) is 3.04. The summed E-state index contributed by atoms with van der Waals surface area (Å²) in [5.41, 5.74) is 5.55. The van der Waals surface area contributed by atoms with Crippen molar-refractivity contribution < 1.29 is 9.53 Å². The van der Waals surface area contributed by atoms with Gasteiger partial charge in [0, 0.05) is 16.8 Å². The lowest BCUT2D eigenvalue weighted by molar-refractivity contribution is 0.262. The van der Waals surface area contributed by atoms with Crippen LogP contribution in [0.1, 0.15) is 0 Å². The predicted molar refractivity (Wildman–Crippen MR) is 103 cm³/mol. The number of aromatic amines is 1. The van der Waals surface area contributed by atoms with Gasteiger partial charge in [-0.05, 0) is 42.5 Å². The molecule has 0 atom stereocenters. The van der Waals surface area contributed by atoms with E-state index in [4.69, 9.17) is 4.74 Å². The van der Waals surface area contributed by atoms with Crippen molar-refractivity contribution in [3.8, 4) is 17.3 Å². The van der Waals surface area contributed by atoms with Crippen molar-refractivity contribution in [3.63, 3.8) is 0 Å².